The van der Waals surface area contributed by atoms with Crippen molar-refractivity contribution in [3.05, 3.63) is 46.3 Å². The molecule has 0 bridgehead atoms. The van der Waals surface area contributed by atoms with E-state index >= 15 is 0 Å². The van der Waals surface area contributed by atoms with E-state index < -0.39 is 10.8 Å². The van der Waals surface area contributed by atoms with Gasteiger partial charge in [-0.3, -0.25) is 14.9 Å². The number of hydrogen-bond donors (Lipinski definition) is 3. The average molecular weight is 235 g/mol. The van der Waals surface area contributed by atoms with Gasteiger partial charge in [0.15, 0.2) is 0 Å². The number of aromatic nitrogens is 3. The molecular weight excluding hydrogens is 226 g/mol. The Hall–Kier alpha value is -2.64. The van der Waals surface area contributed by atoms with Crippen molar-refractivity contribution < 1.29 is 9.72 Å². The summed E-state index contributed by atoms with van der Waals surface area (Å²) in [6.07, 6.45) is 4.38. The minimum atomic E-state index is -0.570. The summed E-state index contributed by atoms with van der Waals surface area (Å²) >= 11 is 0. The van der Waals surface area contributed by atoms with Crippen LogP contribution in [0, 0.1) is 10.1 Å². The van der Waals surface area contributed by atoms with Crippen molar-refractivity contribution in [2.75, 3.05) is 0 Å². The zero-order chi connectivity index (χ0) is 12.3. The van der Waals surface area contributed by atoms with Gasteiger partial charge in [-0.25, -0.2) is 4.98 Å². The number of nitro groups is 1. The van der Waals surface area contributed by atoms with Crippen molar-refractivity contribution in [2.24, 2.45) is 0 Å². The summed E-state index contributed by atoms with van der Waals surface area (Å²) in [5.74, 6) is 0.189. The molecule has 0 radical (unpaired) electrons. The Bertz CT molecular complexity index is 531. The predicted octanol–water partition coefficient (Wildman–Crippen LogP) is 0.576. The summed E-state index contributed by atoms with van der Waals surface area (Å²) in [6, 6.07) is 1.18. The van der Waals surface area contributed by atoms with E-state index in [4.69, 9.17) is 0 Å². The Morgan fingerprint density at radius 2 is 2.35 bits per heavy atom. The third-order valence-electron chi connectivity index (χ3n) is 2.09. The number of aromatic amines is 2. The molecule has 0 saturated heterocycles. The lowest BCUT2D eigenvalue weighted by Gasteiger charge is -1.99. The van der Waals surface area contributed by atoms with E-state index in [0.717, 1.165) is 0 Å². The maximum atomic E-state index is 11.6. The molecule has 0 saturated carbocycles. The summed E-state index contributed by atoms with van der Waals surface area (Å²) in [7, 11) is 0. The van der Waals surface area contributed by atoms with E-state index in [-0.39, 0.29) is 17.9 Å². The Kier molecular flexibility index (Phi) is 2.86. The zero-order valence-corrected chi connectivity index (χ0v) is 8.64. The number of carbonyl (C=O) groups is 1. The highest BCUT2D eigenvalue weighted by molar-refractivity contribution is 5.93. The molecule has 88 valence electrons. The summed E-state index contributed by atoms with van der Waals surface area (Å²) < 4.78 is 0. The molecule has 2 heterocycles. The number of nitrogens with one attached hydrogen (secondary N) is 3. The van der Waals surface area contributed by atoms with E-state index in [0.29, 0.717) is 5.82 Å². The first-order valence-electron chi connectivity index (χ1n) is 4.76. The van der Waals surface area contributed by atoms with Crippen LogP contribution < -0.4 is 5.32 Å². The summed E-state index contributed by atoms with van der Waals surface area (Å²) in [6.45, 7) is 0.235. The number of H-pyrrole nitrogens is 2. The standard InChI is InChI=1S/C9H9N5O3/c15-9(13-5-8-10-1-2-11-8)7-3-6(4-12-7)14(16)17/h1-4,12H,5H2,(H,10,11)(H,13,15). The third kappa shape index (κ3) is 2.48. The maximum Gasteiger partial charge on any atom is 0.287 e. The van der Waals surface area contributed by atoms with E-state index in [1.54, 1.807) is 12.4 Å². The number of imidazole rings is 1. The quantitative estimate of drug-likeness (QED) is 0.530. The lowest BCUT2D eigenvalue weighted by Crippen LogP contribution is -2.23. The van der Waals surface area contributed by atoms with Crippen LogP contribution in [-0.4, -0.2) is 25.8 Å². The fraction of sp³-hybridized carbons (Fsp3) is 0.111. The van der Waals surface area contributed by atoms with Crippen molar-refractivity contribution >= 4 is 11.6 Å². The molecule has 2 rings (SSSR count). The van der Waals surface area contributed by atoms with Crippen LogP contribution in [0.1, 0.15) is 16.3 Å². The fourth-order valence-electron chi connectivity index (χ4n) is 1.27. The zero-order valence-electron chi connectivity index (χ0n) is 8.64. The monoisotopic (exact) mass is 235 g/mol. The minimum Gasteiger partial charge on any atom is -0.351 e. The van der Waals surface area contributed by atoms with E-state index in [9.17, 15) is 14.9 Å². The van der Waals surface area contributed by atoms with Crippen molar-refractivity contribution in [1.29, 1.82) is 0 Å². The molecule has 0 aliphatic rings. The van der Waals surface area contributed by atoms with Crippen LogP contribution in [0.4, 0.5) is 5.69 Å². The Morgan fingerprint density at radius 3 is 2.94 bits per heavy atom. The van der Waals surface area contributed by atoms with Gasteiger partial charge in [-0.2, -0.15) is 0 Å². The van der Waals surface area contributed by atoms with E-state index in [1.807, 2.05) is 0 Å². The molecule has 8 heteroatoms. The first-order chi connectivity index (χ1) is 8.16. The van der Waals surface area contributed by atoms with Gasteiger partial charge in [0, 0.05) is 18.5 Å². The van der Waals surface area contributed by atoms with Crippen LogP contribution in [0.15, 0.2) is 24.7 Å². The van der Waals surface area contributed by atoms with Gasteiger partial charge in [-0.15, -0.1) is 0 Å². The SMILES string of the molecule is O=C(NCc1ncc[nH]1)c1cc([N+](=O)[O-])c[nH]1. The highest BCUT2D eigenvalue weighted by atomic mass is 16.6. The van der Waals surface area contributed by atoms with Gasteiger partial charge in [0.1, 0.15) is 11.5 Å². The van der Waals surface area contributed by atoms with Crippen LogP contribution in [0.3, 0.4) is 0 Å². The van der Waals surface area contributed by atoms with Crippen molar-refractivity contribution in [2.45, 2.75) is 6.54 Å². The molecule has 0 unspecified atom stereocenters. The summed E-state index contributed by atoms with van der Waals surface area (Å²) in [5, 5.41) is 13.0. The maximum absolute atomic E-state index is 11.6. The van der Waals surface area contributed by atoms with Gasteiger partial charge in [0.2, 0.25) is 0 Å². The predicted molar refractivity (Wildman–Crippen MR) is 57.2 cm³/mol. The number of nitrogens with zero attached hydrogens (tertiary/aromatic N) is 2. The second-order valence-electron chi connectivity index (χ2n) is 3.25. The van der Waals surface area contributed by atoms with Crippen LogP contribution in [-0.2, 0) is 6.54 Å². The van der Waals surface area contributed by atoms with Gasteiger partial charge in [0.25, 0.3) is 11.6 Å². The molecule has 0 fully saturated rings. The molecule has 0 aromatic carbocycles. The Morgan fingerprint density at radius 1 is 1.53 bits per heavy atom. The molecule has 1 amide bonds. The lowest BCUT2D eigenvalue weighted by atomic mass is 10.4. The number of carbonyl (C=O) groups excluding carboxylic acids is 1. The molecule has 0 atom stereocenters. The van der Waals surface area contributed by atoms with Crippen molar-refractivity contribution in [3.8, 4) is 0 Å². The third-order valence-corrected chi connectivity index (χ3v) is 2.09. The van der Waals surface area contributed by atoms with Crippen LogP contribution >= 0.6 is 0 Å². The average Bonchev–Trinajstić information content (AvgIpc) is 2.96. The van der Waals surface area contributed by atoms with Crippen LogP contribution in [0.25, 0.3) is 0 Å². The molecule has 17 heavy (non-hydrogen) atoms. The Balaban J connectivity index is 1.97. The summed E-state index contributed by atoms with van der Waals surface area (Å²) in [4.78, 5) is 30.7. The van der Waals surface area contributed by atoms with Gasteiger partial charge < -0.3 is 15.3 Å². The van der Waals surface area contributed by atoms with E-state index in [1.165, 1.54) is 12.3 Å². The van der Waals surface area contributed by atoms with Gasteiger partial charge in [0.05, 0.1) is 17.7 Å². The highest BCUT2D eigenvalue weighted by Gasteiger charge is 2.14. The van der Waals surface area contributed by atoms with E-state index in [2.05, 4.69) is 20.3 Å². The molecule has 8 nitrogen and oxygen atoms in total. The first kappa shape index (κ1) is 10.9. The highest BCUT2D eigenvalue weighted by Crippen LogP contribution is 2.11. The van der Waals surface area contributed by atoms with Crippen LogP contribution in [0.5, 0.6) is 0 Å². The number of rotatable bonds is 4. The minimum absolute atomic E-state index is 0.142. The van der Waals surface area contributed by atoms with Crippen LogP contribution in [0.2, 0.25) is 0 Å². The lowest BCUT2D eigenvalue weighted by molar-refractivity contribution is -0.384. The second kappa shape index (κ2) is 4.47. The molecule has 0 aliphatic carbocycles. The van der Waals surface area contributed by atoms with Gasteiger partial charge in [-0.05, 0) is 0 Å². The number of hydrogen-bond acceptors (Lipinski definition) is 4. The molecule has 0 aliphatic heterocycles. The molecule has 0 spiro atoms. The van der Waals surface area contributed by atoms with Crippen molar-refractivity contribution in [1.82, 2.24) is 20.3 Å². The van der Waals surface area contributed by atoms with Crippen molar-refractivity contribution in [3.63, 3.8) is 0 Å². The second-order valence-corrected chi connectivity index (χ2v) is 3.25. The molecular formula is C9H9N5O3. The smallest absolute Gasteiger partial charge is 0.287 e. The first-order valence-corrected chi connectivity index (χ1v) is 4.76. The largest absolute Gasteiger partial charge is 0.351 e. The summed E-state index contributed by atoms with van der Waals surface area (Å²) in [5.41, 5.74) is -0.00333. The molecule has 3 N–H and O–H groups in total. The van der Waals surface area contributed by atoms with Gasteiger partial charge in [-0.1, -0.05) is 0 Å². The molecule has 2 aromatic rings. The number of amides is 1. The Labute approximate surface area is 95.2 Å². The van der Waals surface area contributed by atoms with Gasteiger partial charge >= 0.3 is 0 Å². The fourth-order valence-corrected chi connectivity index (χ4v) is 1.27. The topological polar surface area (TPSA) is 117 Å². The normalized spacial score (nSPS) is 10.1. The molecule has 2 aromatic heterocycles.